The summed E-state index contributed by atoms with van der Waals surface area (Å²) in [5.41, 5.74) is 2.30. The third-order valence-corrected chi connectivity index (χ3v) is 3.89. The molecule has 0 spiro atoms. The average Bonchev–Trinajstić information content (AvgIpc) is 2.45. The molecule has 0 radical (unpaired) electrons. The van der Waals surface area contributed by atoms with E-state index in [1.54, 1.807) is 0 Å². The van der Waals surface area contributed by atoms with Crippen LogP contribution in [-0.2, 0) is 0 Å². The topological polar surface area (TPSA) is 29.5 Å². The third-order valence-electron chi connectivity index (χ3n) is 3.89. The van der Waals surface area contributed by atoms with Crippen molar-refractivity contribution in [3.05, 3.63) is 35.4 Å². The summed E-state index contributed by atoms with van der Waals surface area (Å²) in [6.45, 7) is 4.23. The Morgan fingerprint density at radius 2 is 2.05 bits per heavy atom. The van der Waals surface area contributed by atoms with Crippen LogP contribution < -0.4 is 4.74 Å². The van der Waals surface area contributed by atoms with Crippen molar-refractivity contribution in [3.8, 4) is 5.75 Å². The standard InChI is InChI=1S/C18H26O2/c1-14(2)20-18-10-6-7-15(12-18)11-17(13-19)16-8-4-3-5-9-16/h6-7,10-12,14,16,19H,3-5,8-9,13H2,1-2H3/b17-11-. The molecule has 0 atom stereocenters. The second kappa shape index (κ2) is 7.49. The van der Waals surface area contributed by atoms with Gasteiger partial charge in [-0.15, -0.1) is 0 Å². The highest BCUT2D eigenvalue weighted by Crippen LogP contribution is 2.31. The van der Waals surface area contributed by atoms with Gasteiger partial charge in [-0.2, -0.15) is 0 Å². The second-order valence-corrected chi connectivity index (χ2v) is 5.95. The van der Waals surface area contributed by atoms with E-state index in [-0.39, 0.29) is 12.7 Å². The number of rotatable bonds is 5. The number of aliphatic hydroxyl groups is 1. The van der Waals surface area contributed by atoms with E-state index in [0.29, 0.717) is 5.92 Å². The minimum absolute atomic E-state index is 0.167. The van der Waals surface area contributed by atoms with Crippen molar-refractivity contribution in [1.82, 2.24) is 0 Å². The summed E-state index contributed by atoms with van der Waals surface area (Å²) in [7, 11) is 0. The Morgan fingerprint density at radius 1 is 1.30 bits per heavy atom. The van der Waals surface area contributed by atoms with Crippen molar-refractivity contribution >= 4 is 6.08 Å². The maximum Gasteiger partial charge on any atom is 0.120 e. The van der Waals surface area contributed by atoms with E-state index < -0.39 is 0 Å². The lowest BCUT2D eigenvalue weighted by atomic mass is 9.83. The van der Waals surface area contributed by atoms with E-state index >= 15 is 0 Å². The van der Waals surface area contributed by atoms with Crippen LogP contribution in [0.1, 0.15) is 51.5 Å². The monoisotopic (exact) mass is 274 g/mol. The number of hydrogen-bond donors (Lipinski definition) is 1. The zero-order valence-electron chi connectivity index (χ0n) is 12.6. The van der Waals surface area contributed by atoms with Crippen LogP contribution in [0.15, 0.2) is 29.8 Å². The molecule has 1 fully saturated rings. The Kier molecular flexibility index (Phi) is 5.66. The molecule has 0 amide bonds. The van der Waals surface area contributed by atoms with Gasteiger partial charge in [0.15, 0.2) is 0 Å². The van der Waals surface area contributed by atoms with Gasteiger partial charge in [-0.3, -0.25) is 0 Å². The SMILES string of the molecule is CC(C)Oc1cccc(/C=C(/CO)C2CCCCC2)c1. The summed E-state index contributed by atoms with van der Waals surface area (Å²) in [5.74, 6) is 1.46. The van der Waals surface area contributed by atoms with Crippen molar-refractivity contribution in [2.45, 2.75) is 52.1 Å². The lowest BCUT2D eigenvalue weighted by Gasteiger charge is -2.23. The number of ether oxygens (including phenoxy) is 1. The quantitative estimate of drug-likeness (QED) is 0.860. The summed E-state index contributed by atoms with van der Waals surface area (Å²) < 4.78 is 5.72. The van der Waals surface area contributed by atoms with Crippen LogP contribution >= 0.6 is 0 Å². The van der Waals surface area contributed by atoms with E-state index in [9.17, 15) is 5.11 Å². The van der Waals surface area contributed by atoms with E-state index in [1.165, 1.54) is 37.7 Å². The smallest absolute Gasteiger partial charge is 0.120 e. The molecule has 0 saturated heterocycles. The molecule has 2 rings (SSSR count). The van der Waals surface area contributed by atoms with Crippen molar-refractivity contribution < 1.29 is 9.84 Å². The van der Waals surface area contributed by atoms with Gasteiger partial charge in [-0.05, 0) is 55.9 Å². The fourth-order valence-corrected chi connectivity index (χ4v) is 2.93. The zero-order chi connectivity index (χ0) is 14.4. The fourth-order valence-electron chi connectivity index (χ4n) is 2.93. The molecule has 0 heterocycles. The fraction of sp³-hybridized carbons (Fsp3) is 0.556. The van der Waals surface area contributed by atoms with Gasteiger partial charge in [0, 0.05) is 0 Å². The van der Waals surface area contributed by atoms with Gasteiger partial charge in [0.05, 0.1) is 12.7 Å². The van der Waals surface area contributed by atoms with Crippen LogP contribution in [0.25, 0.3) is 6.08 Å². The molecule has 0 aliphatic heterocycles. The van der Waals surface area contributed by atoms with E-state index in [4.69, 9.17) is 4.74 Å². The average molecular weight is 274 g/mol. The van der Waals surface area contributed by atoms with Crippen LogP contribution in [0.2, 0.25) is 0 Å². The van der Waals surface area contributed by atoms with Gasteiger partial charge in [-0.25, -0.2) is 0 Å². The van der Waals surface area contributed by atoms with Crippen LogP contribution in [-0.4, -0.2) is 17.8 Å². The molecule has 1 N–H and O–H groups in total. The molecule has 1 aromatic rings. The molecular formula is C18H26O2. The summed E-state index contributed by atoms with van der Waals surface area (Å²) >= 11 is 0. The molecule has 1 saturated carbocycles. The molecule has 1 aliphatic rings. The third kappa shape index (κ3) is 4.38. The molecule has 1 aromatic carbocycles. The Balaban J connectivity index is 2.14. The van der Waals surface area contributed by atoms with Crippen LogP contribution in [0.5, 0.6) is 5.75 Å². The predicted molar refractivity (Wildman–Crippen MR) is 83.8 cm³/mol. The highest BCUT2D eigenvalue weighted by atomic mass is 16.5. The Labute approximate surface area is 122 Å². The Bertz CT molecular complexity index is 442. The highest BCUT2D eigenvalue weighted by molar-refractivity contribution is 5.55. The largest absolute Gasteiger partial charge is 0.491 e. The molecule has 0 unspecified atom stereocenters. The molecule has 1 aliphatic carbocycles. The van der Waals surface area contributed by atoms with Gasteiger partial charge in [0.1, 0.15) is 5.75 Å². The summed E-state index contributed by atoms with van der Waals surface area (Å²) in [5, 5.41) is 9.65. The minimum atomic E-state index is 0.167. The second-order valence-electron chi connectivity index (χ2n) is 5.95. The molecular weight excluding hydrogens is 248 g/mol. The highest BCUT2D eigenvalue weighted by Gasteiger charge is 2.17. The van der Waals surface area contributed by atoms with Crippen LogP contribution in [0.4, 0.5) is 0 Å². The lowest BCUT2D eigenvalue weighted by Crippen LogP contribution is -2.11. The van der Waals surface area contributed by atoms with Crippen LogP contribution in [0, 0.1) is 5.92 Å². The van der Waals surface area contributed by atoms with E-state index in [0.717, 1.165) is 11.3 Å². The minimum Gasteiger partial charge on any atom is -0.491 e. The first-order chi connectivity index (χ1) is 9.69. The van der Waals surface area contributed by atoms with Crippen molar-refractivity contribution in [1.29, 1.82) is 0 Å². The molecule has 0 bridgehead atoms. The first-order valence-corrected chi connectivity index (χ1v) is 7.77. The predicted octanol–water partition coefficient (Wildman–Crippen LogP) is 4.43. The molecule has 2 nitrogen and oxygen atoms in total. The maximum atomic E-state index is 9.65. The normalized spacial score (nSPS) is 17.5. The lowest BCUT2D eigenvalue weighted by molar-refractivity contribution is 0.242. The zero-order valence-corrected chi connectivity index (χ0v) is 12.6. The van der Waals surface area contributed by atoms with Crippen molar-refractivity contribution in [3.63, 3.8) is 0 Å². The Morgan fingerprint density at radius 3 is 2.70 bits per heavy atom. The van der Waals surface area contributed by atoms with E-state index in [2.05, 4.69) is 18.2 Å². The molecule has 2 heteroatoms. The first kappa shape index (κ1) is 15.1. The van der Waals surface area contributed by atoms with E-state index in [1.807, 2.05) is 26.0 Å². The number of benzene rings is 1. The van der Waals surface area contributed by atoms with Gasteiger partial charge in [0.2, 0.25) is 0 Å². The van der Waals surface area contributed by atoms with Gasteiger partial charge in [0.25, 0.3) is 0 Å². The summed E-state index contributed by atoms with van der Waals surface area (Å²) in [6.07, 6.45) is 8.68. The first-order valence-electron chi connectivity index (χ1n) is 7.77. The molecule has 0 aromatic heterocycles. The number of aliphatic hydroxyl groups excluding tert-OH is 1. The Hall–Kier alpha value is -1.28. The summed E-state index contributed by atoms with van der Waals surface area (Å²) in [6, 6.07) is 8.13. The van der Waals surface area contributed by atoms with Crippen molar-refractivity contribution in [2.75, 3.05) is 6.61 Å². The van der Waals surface area contributed by atoms with Crippen LogP contribution in [0.3, 0.4) is 0 Å². The van der Waals surface area contributed by atoms with Gasteiger partial charge in [-0.1, -0.05) is 37.5 Å². The van der Waals surface area contributed by atoms with Crippen molar-refractivity contribution in [2.24, 2.45) is 5.92 Å². The van der Waals surface area contributed by atoms with Gasteiger partial charge < -0.3 is 9.84 Å². The molecule has 110 valence electrons. The number of hydrogen-bond acceptors (Lipinski definition) is 2. The summed E-state index contributed by atoms with van der Waals surface area (Å²) in [4.78, 5) is 0. The van der Waals surface area contributed by atoms with Gasteiger partial charge >= 0.3 is 0 Å². The maximum absolute atomic E-state index is 9.65. The molecule has 20 heavy (non-hydrogen) atoms.